The fourth-order valence-electron chi connectivity index (χ4n) is 3.40. The Morgan fingerprint density at radius 1 is 0.933 bits per heavy atom. The molecule has 0 spiro atoms. The zero-order valence-corrected chi connectivity index (χ0v) is 17.2. The van der Waals surface area contributed by atoms with E-state index in [1.165, 1.54) is 5.06 Å². The van der Waals surface area contributed by atoms with E-state index in [1.807, 2.05) is 60.7 Å². The van der Waals surface area contributed by atoms with Crippen molar-refractivity contribution in [2.45, 2.75) is 5.97 Å². The highest BCUT2D eigenvalue weighted by Gasteiger charge is 2.45. The molecule has 1 saturated heterocycles. The lowest BCUT2D eigenvalue weighted by Gasteiger charge is -2.43. The fourth-order valence-corrected chi connectivity index (χ4v) is 3.40. The maximum atomic E-state index is 5.91. The monoisotopic (exact) mass is 409 g/mol. The molecule has 1 unspecified atom stereocenters. The van der Waals surface area contributed by atoms with Gasteiger partial charge >= 0.3 is 5.97 Å². The smallest absolute Gasteiger partial charge is 0.338 e. The first-order valence-corrected chi connectivity index (χ1v) is 9.93. The van der Waals surface area contributed by atoms with Gasteiger partial charge in [0.05, 0.1) is 7.11 Å². The van der Waals surface area contributed by atoms with E-state index < -0.39 is 5.97 Å². The summed E-state index contributed by atoms with van der Waals surface area (Å²) in [6.45, 7) is 3.35. The van der Waals surface area contributed by atoms with Crippen molar-refractivity contribution in [3.63, 3.8) is 0 Å². The molecule has 2 aromatic rings. The van der Waals surface area contributed by atoms with E-state index in [1.54, 1.807) is 14.2 Å². The second-order valence-electron chi connectivity index (χ2n) is 6.86. The second-order valence-corrected chi connectivity index (χ2v) is 6.86. The van der Waals surface area contributed by atoms with Crippen molar-refractivity contribution in [1.82, 2.24) is 15.3 Å². The van der Waals surface area contributed by atoms with Gasteiger partial charge in [0.1, 0.15) is 0 Å². The third-order valence-electron chi connectivity index (χ3n) is 4.90. The van der Waals surface area contributed by atoms with Crippen LogP contribution in [0.3, 0.4) is 0 Å². The lowest BCUT2D eigenvalue weighted by molar-refractivity contribution is -0.228. The molecule has 0 saturated carbocycles. The molecule has 30 heavy (non-hydrogen) atoms. The van der Waals surface area contributed by atoms with E-state index in [4.69, 9.17) is 19.6 Å². The maximum absolute atomic E-state index is 5.91. The number of anilines is 2. The number of ether oxygens (including phenoxy) is 1. The number of para-hydroxylation sites is 2. The Kier molecular flexibility index (Phi) is 6.12. The largest absolute Gasteiger partial charge is 0.353 e. The molecule has 0 amide bonds. The van der Waals surface area contributed by atoms with Crippen LogP contribution in [0, 0.1) is 0 Å². The Hall–Kier alpha value is -3.14. The number of nitrogens with zero attached hydrogens (tertiary/aromatic N) is 4. The summed E-state index contributed by atoms with van der Waals surface area (Å²) >= 11 is 0. The van der Waals surface area contributed by atoms with Crippen LogP contribution < -0.4 is 16.0 Å². The van der Waals surface area contributed by atoms with Crippen LogP contribution in [0.2, 0.25) is 0 Å². The number of nitrogens with one attached hydrogen (secondary N) is 3. The maximum Gasteiger partial charge on any atom is 0.353 e. The highest BCUT2D eigenvalue weighted by Crippen LogP contribution is 2.27. The molecule has 2 aliphatic heterocycles. The quantitative estimate of drug-likeness (QED) is 0.651. The van der Waals surface area contributed by atoms with Gasteiger partial charge in [-0.3, -0.25) is 4.84 Å². The van der Waals surface area contributed by atoms with E-state index in [0.717, 1.165) is 37.6 Å². The highest BCUT2D eigenvalue weighted by atomic mass is 16.7. The molecule has 9 heteroatoms. The van der Waals surface area contributed by atoms with Gasteiger partial charge in [-0.2, -0.15) is 9.98 Å². The number of aliphatic imine (C=N–C) groups is 2. The van der Waals surface area contributed by atoms with Crippen molar-refractivity contribution in [2.24, 2.45) is 9.98 Å². The number of hydrogen-bond acceptors (Lipinski definition) is 9. The summed E-state index contributed by atoms with van der Waals surface area (Å²) in [6.07, 6.45) is 0. The Bertz CT molecular complexity index is 885. The average Bonchev–Trinajstić information content (AvgIpc) is 2.81. The zero-order chi connectivity index (χ0) is 20.8. The van der Waals surface area contributed by atoms with E-state index >= 15 is 0 Å². The Labute approximate surface area is 176 Å². The fraction of sp³-hybridized carbons (Fsp3) is 0.333. The number of benzene rings is 2. The van der Waals surface area contributed by atoms with E-state index in [0.29, 0.717) is 11.9 Å². The number of guanidine groups is 2. The van der Waals surface area contributed by atoms with Gasteiger partial charge in [0.15, 0.2) is 0 Å². The van der Waals surface area contributed by atoms with Crippen LogP contribution in [0.5, 0.6) is 0 Å². The molecular formula is C21H27N7O2. The van der Waals surface area contributed by atoms with Crippen molar-refractivity contribution < 1.29 is 9.57 Å². The summed E-state index contributed by atoms with van der Waals surface area (Å²) in [6, 6.07) is 19.6. The van der Waals surface area contributed by atoms with Crippen molar-refractivity contribution in [1.29, 1.82) is 0 Å². The molecule has 2 aromatic carbocycles. The van der Waals surface area contributed by atoms with Crippen LogP contribution >= 0.6 is 0 Å². The minimum atomic E-state index is -1.34. The molecule has 1 fully saturated rings. The van der Waals surface area contributed by atoms with E-state index in [9.17, 15) is 0 Å². The molecule has 0 aliphatic carbocycles. The first-order chi connectivity index (χ1) is 14.7. The Morgan fingerprint density at radius 2 is 1.57 bits per heavy atom. The normalized spacial score (nSPS) is 21.7. The third-order valence-corrected chi connectivity index (χ3v) is 4.90. The summed E-state index contributed by atoms with van der Waals surface area (Å²) in [5.41, 5.74) is 1.72. The molecule has 4 rings (SSSR count). The Balaban J connectivity index is 1.74. The van der Waals surface area contributed by atoms with Gasteiger partial charge in [-0.25, -0.2) is 0 Å². The molecule has 2 heterocycles. The topological polar surface area (TPSA) is 85.8 Å². The molecule has 0 radical (unpaired) electrons. The summed E-state index contributed by atoms with van der Waals surface area (Å²) in [7, 11) is 3.15. The number of hydrogen-bond donors (Lipinski definition) is 3. The molecule has 3 N–H and O–H groups in total. The number of piperazine rings is 1. The number of hydroxylamine groups is 2. The van der Waals surface area contributed by atoms with Gasteiger partial charge in [-0.05, 0) is 24.3 Å². The lowest BCUT2D eigenvalue weighted by atomic mass is 10.3. The van der Waals surface area contributed by atoms with Crippen molar-refractivity contribution in [3.8, 4) is 0 Å². The number of rotatable bonds is 5. The van der Waals surface area contributed by atoms with Gasteiger partial charge in [0.25, 0.3) is 0 Å². The minimum absolute atomic E-state index is 0.470. The van der Waals surface area contributed by atoms with Crippen LogP contribution in [0.1, 0.15) is 0 Å². The van der Waals surface area contributed by atoms with Gasteiger partial charge in [-0.15, -0.1) is 5.06 Å². The molecule has 0 bridgehead atoms. The second kappa shape index (κ2) is 9.12. The van der Waals surface area contributed by atoms with E-state index in [2.05, 4.69) is 20.9 Å². The SMILES string of the molecule is CON1C(Nc2ccccc2)=NC(N2CCNCC2)=NC1(Nc1ccccc1)OC. The van der Waals surface area contributed by atoms with E-state index in [-0.39, 0.29) is 0 Å². The van der Waals surface area contributed by atoms with Crippen LogP contribution in [0.25, 0.3) is 0 Å². The highest BCUT2D eigenvalue weighted by molar-refractivity contribution is 6.03. The molecule has 2 aliphatic rings. The molecule has 9 nitrogen and oxygen atoms in total. The predicted octanol–water partition coefficient (Wildman–Crippen LogP) is 1.96. The summed E-state index contributed by atoms with van der Waals surface area (Å²) in [5.74, 6) is -0.291. The standard InChI is InChI=1S/C21H27N7O2/c1-29-21(25-18-11-7-4-8-12-18)26-20(27-15-13-22-14-16-27)24-19(28(21)30-2)23-17-9-5-3-6-10-17/h3-12,22,25H,13-16H2,1-2H3,(H,23,24,26). The van der Waals surface area contributed by atoms with Gasteiger partial charge in [-0.1, -0.05) is 36.4 Å². The first-order valence-electron chi connectivity index (χ1n) is 9.93. The summed E-state index contributed by atoms with van der Waals surface area (Å²) in [4.78, 5) is 17.5. The lowest BCUT2D eigenvalue weighted by Crippen LogP contribution is -2.62. The van der Waals surface area contributed by atoms with Crippen LogP contribution in [0.4, 0.5) is 11.4 Å². The molecular weight excluding hydrogens is 382 g/mol. The zero-order valence-electron chi connectivity index (χ0n) is 17.2. The van der Waals surface area contributed by atoms with Gasteiger partial charge < -0.3 is 25.6 Å². The average molecular weight is 409 g/mol. The van der Waals surface area contributed by atoms with Crippen molar-refractivity contribution in [2.75, 3.05) is 51.0 Å². The summed E-state index contributed by atoms with van der Waals surface area (Å²) < 4.78 is 5.91. The van der Waals surface area contributed by atoms with Crippen molar-refractivity contribution in [3.05, 3.63) is 60.7 Å². The molecule has 0 aromatic heterocycles. The predicted molar refractivity (Wildman–Crippen MR) is 118 cm³/mol. The Morgan fingerprint density at radius 3 is 2.17 bits per heavy atom. The van der Waals surface area contributed by atoms with Crippen LogP contribution in [-0.2, 0) is 9.57 Å². The van der Waals surface area contributed by atoms with Crippen LogP contribution in [0.15, 0.2) is 70.6 Å². The number of methoxy groups -OCH3 is 1. The van der Waals surface area contributed by atoms with Gasteiger partial charge in [0, 0.05) is 44.7 Å². The molecule has 158 valence electrons. The molecule has 1 atom stereocenters. The van der Waals surface area contributed by atoms with Crippen molar-refractivity contribution >= 4 is 23.3 Å². The first kappa shape index (κ1) is 20.1. The van der Waals surface area contributed by atoms with Crippen LogP contribution in [-0.4, -0.2) is 68.3 Å². The summed E-state index contributed by atoms with van der Waals surface area (Å²) in [5, 5.41) is 11.5. The third kappa shape index (κ3) is 4.23. The minimum Gasteiger partial charge on any atom is -0.338 e. The van der Waals surface area contributed by atoms with Gasteiger partial charge in [0.2, 0.25) is 11.9 Å².